The number of hydrogen-bond acceptors (Lipinski definition) is 4. The molecule has 0 N–H and O–H groups in total. The van der Waals surface area contributed by atoms with Crippen LogP contribution in [0.4, 0.5) is 5.69 Å². The summed E-state index contributed by atoms with van der Waals surface area (Å²) >= 11 is 5.97. The van der Waals surface area contributed by atoms with Crippen LogP contribution in [-0.4, -0.2) is 46.0 Å². The molecule has 0 radical (unpaired) electrons. The van der Waals surface area contributed by atoms with E-state index in [9.17, 15) is 8.42 Å². The fraction of sp³-hybridized carbons (Fsp3) is 0.308. The maximum atomic E-state index is 13.5. The number of nitrogens with zero attached hydrogens (tertiary/aromatic N) is 2. The first-order valence-electron chi connectivity index (χ1n) is 11.1. The molecular formula is C26H29ClN2O2S. The van der Waals surface area contributed by atoms with Gasteiger partial charge in [-0.25, -0.2) is 8.42 Å². The van der Waals surface area contributed by atoms with Gasteiger partial charge in [-0.1, -0.05) is 60.1 Å². The molecule has 1 unspecified atom stereocenters. The van der Waals surface area contributed by atoms with Gasteiger partial charge >= 0.3 is 0 Å². The Balaban J connectivity index is 1.39. The van der Waals surface area contributed by atoms with Crippen molar-refractivity contribution < 1.29 is 8.42 Å². The van der Waals surface area contributed by atoms with E-state index in [2.05, 4.69) is 34.1 Å². The lowest BCUT2D eigenvalue weighted by Crippen LogP contribution is -2.46. The zero-order chi connectivity index (χ0) is 22.4. The average molecular weight is 469 g/mol. The Labute approximate surface area is 196 Å². The van der Waals surface area contributed by atoms with Crippen LogP contribution in [0.5, 0.6) is 0 Å². The third-order valence-electron chi connectivity index (χ3n) is 6.12. The quantitative estimate of drug-likeness (QED) is 0.440. The predicted molar refractivity (Wildman–Crippen MR) is 132 cm³/mol. The molecule has 168 valence electrons. The van der Waals surface area contributed by atoms with Crippen LogP contribution in [0.2, 0.25) is 5.02 Å². The fourth-order valence-corrected chi connectivity index (χ4v) is 6.29. The van der Waals surface area contributed by atoms with E-state index in [0.29, 0.717) is 16.3 Å². The molecule has 1 heterocycles. The highest BCUT2D eigenvalue weighted by Crippen LogP contribution is 2.33. The highest BCUT2D eigenvalue weighted by atomic mass is 35.5. The molecule has 0 bridgehead atoms. The van der Waals surface area contributed by atoms with Crippen molar-refractivity contribution in [3.63, 3.8) is 0 Å². The van der Waals surface area contributed by atoms with Gasteiger partial charge in [0.25, 0.3) is 0 Å². The Hall–Kier alpha value is -2.34. The molecule has 1 saturated heterocycles. The number of piperazine rings is 1. The third kappa shape index (κ3) is 5.52. The monoisotopic (exact) mass is 468 g/mol. The third-order valence-corrected chi connectivity index (χ3v) is 8.56. The number of benzene rings is 3. The first-order valence-corrected chi connectivity index (χ1v) is 13.0. The number of rotatable bonds is 8. The Morgan fingerprint density at radius 3 is 2.00 bits per heavy atom. The van der Waals surface area contributed by atoms with Crippen molar-refractivity contribution >= 4 is 27.1 Å². The molecule has 1 atom stereocenters. The second kappa shape index (κ2) is 10.5. The molecule has 0 spiro atoms. The molecule has 1 aliphatic rings. The summed E-state index contributed by atoms with van der Waals surface area (Å²) in [7, 11) is -3.50. The summed E-state index contributed by atoms with van der Waals surface area (Å²) in [5.74, 6) is 0. The van der Waals surface area contributed by atoms with Gasteiger partial charge in [0.2, 0.25) is 0 Å². The maximum Gasteiger partial charge on any atom is 0.185 e. The molecule has 1 aliphatic heterocycles. The van der Waals surface area contributed by atoms with E-state index in [1.165, 1.54) is 5.69 Å². The summed E-state index contributed by atoms with van der Waals surface area (Å²) in [4.78, 5) is 5.18. The van der Waals surface area contributed by atoms with Crippen molar-refractivity contribution in [3.05, 3.63) is 95.5 Å². The lowest BCUT2D eigenvalue weighted by molar-refractivity contribution is 0.252. The zero-order valence-electron chi connectivity index (χ0n) is 18.1. The number of halogens is 1. The molecule has 3 aromatic carbocycles. The minimum atomic E-state index is -3.50. The summed E-state index contributed by atoms with van der Waals surface area (Å²) in [5, 5.41) is -0.0228. The van der Waals surface area contributed by atoms with E-state index in [0.717, 1.165) is 44.7 Å². The van der Waals surface area contributed by atoms with Crippen molar-refractivity contribution in [2.24, 2.45) is 0 Å². The van der Waals surface area contributed by atoms with E-state index in [4.69, 9.17) is 11.6 Å². The standard InChI is InChI=1S/C26H29ClN2O2S/c27-23-13-15-25(16-14-23)32(30,31)26(22-8-3-1-4-9-22)12-7-17-28-18-20-29(21-19-28)24-10-5-2-6-11-24/h1-6,8-11,13-16,26H,7,12,17-21H2. The molecule has 0 aliphatic carbocycles. The zero-order valence-corrected chi connectivity index (χ0v) is 19.7. The van der Waals surface area contributed by atoms with Gasteiger partial charge in [0.15, 0.2) is 9.84 Å². The van der Waals surface area contributed by atoms with Crippen LogP contribution in [0.25, 0.3) is 0 Å². The highest BCUT2D eigenvalue weighted by Gasteiger charge is 2.29. The molecule has 0 aromatic heterocycles. The van der Waals surface area contributed by atoms with Gasteiger partial charge in [-0.15, -0.1) is 0 Å². The van der Waals surface area contributed by atoms with Gasteiger partial charge in [0, 0.05) is 36.9 Å². The van der Waals surface area contributed by atoms with E-state index in [-0.39, 0.29) is 0 Å². The van der Waals surface area contributed by atoms with Gasteiger partial charge in [-0.05, 0) is 61.3 Å². The molecule has 1 fully saturated rings. The maximum absolute atomic E-state index is 13.5. The normalized spacial score (nSPS) is 16.1. The summed E-state index contributed by atoms with van der Waals surface area (Å²) in [5.41, 5.74) is 2.11. The van der Waals surface area contributed by atoms with Gasteiger partial charge in [0.1, 0.15) is 0 Å². The van der Waals surface area contributed by atoms with Crippen LogP contribution in [0.15, 0.2) is 89.8 Å². The number of hydrogen-bond donors (Lipinski definition) is 0. The molecule has 4 rings (SSSR count). The van der Waals surface area contributed by atoms with E-state index >= 15 is 0 Å². The second-order valence-electron chi connectivity index (χ2n) is 8.20. The Kier molecular flexibility index (Phi) is 7.51. The van der Waals surface area contributed by atoms with Crippen molar-refractivity contribution in [2.45, 2.75) is 23.0 Å². The summed E-state index contributed by atoms with van der Waals surface area (Å²) in [6, 6.07) is 26.6. The molecule has 3 aromatic rings. The Morgan fingerprint density at radius 2 is 1.38 bits per heavy atom. The van der Waals surface area contributed by atoms with E-state index in [1.807, 2.05) is 36.4 Å². The molecule has 0 saturated carbocycles. The van der Waals surface area contributed by atoms with Crippen molar-refractivity contribution in [1.29, 1.82) is 0 Å². The van der Waals surface area contributed by atoms with Gasteiger partial charge in [-0.3, -0.25) is 4.90 Å². The Morgan fingerprint density at radius 1 is 0.781 bits per heavy atom. The van der Waals surface area contributed by atoms with Gasteiger partial charge in [-0.2, -0.15) is 0 Å². The van der Waals surface area contributed by atoms with Crippen molar-refractivity contribution in [1.82, 2.24) is 4.90 Å². The Bertz CT molecular complexity index is 1080. The van der Waals surface area contributed by atoms with Crippen molar-refractivity contribution in [3.8, 4) is 0 Å². The average Bonchev–Trinajstić information content (AvgIpc) is 2.83. The van der Waals surface area contributed by atoms with Gasteiger partial charge < -0.3 is 4.90 Å². The van der Waals surface area contributed by atoms with Crippen LogP contribution in [0, 0.1) is 0 Å². The van der Waals surface area contributed by atoms with Crippen LogP contribution in [0.3, 0.4) is 0 Å². The summed E-state index contributed by atoms with van der Waals surface area (Å²) in [6.07, 6.45) is 1.42. The van der Waals surface area contributed by atoms with Crippen molar-refractivity contribution in [2.75, 3.05) is 37.6 Å². The first kappa shape index (κ1) is 22.8. The second-order valence-corrected chi connectivity index (χ2v) is 10.8. The number of para-hydroxylation sites is 1. The molecule has 6 heteroatoms. The van der Waals surface area contributed by atoms with E-state index in [1.54, 1.807) is 24.3 Å². The lowest BCUT2D eigenvalue weighted by atomic mass is 10.1. The highest BCUT2D eigenvalue weighted by molar-refractivity contribution is 7.91. The number of anilines is 1. The van der Waals surface area contributed by atoms with Crippen LogP contribution < -0.4 is 4.90 Å². The summed E-state index contributed by atoms with van der Waals surface area (Å²) in [6.45, 7) is 4.89. The molecule has 4 nitrogen and oxygen atoms in total. The summed E-state index contributed by atoms with van der Waals surface area (Å²) < 4.78 is 26.9. The molecule has 0 amide bonds. The number of sulfone groups is 1. The minimum Gasteiger partial charge on any atom is -0.369 e. The lowest BCUT2D eigenvalue weighted by Gasteiger charge is -2.36. The van der Waals surface area contributed by atoms with Crippen LogP contribution >= 0.6 is 11.6 Å². The van der Waals surface area contributed by atoms with Crippen LogP contribution in [-0.2, 0) is 9.84 Å². The predicted octanol–water partition coefficient (Wildman–Crippen LogP) is 5.46. The van der Waals surface area contributed by atoms with E-state index < -0.39 is 15.1 Å². The molecule has 32 heavy (non-hydrogen) atoms. The first-order chi connectivity index (χ1) is 15.5. The SMILES string of the molecule is O=S(=O)(c1ccc(Cl)cc1)C(CCCN1CCN(c2ccccc2)CC1)c1ccccc1. The fourth-order valence-electron chi connectivity index (χ4n) is 4.33. The largest absolute Gasteiger partial charge is 0.369 e. The topological polar surface area (TPSA) is 40.6 Å². The smallest absolute Gasteiger partial charge is 0.185 e. The minimum absolute atomic E-state index is 0.326. The van der Waals surface area contributed by atoms with Gasteiger partial charge in [0.05, 0.1) is 10.1 Å². The molecular weight excluding hydrogens is 440 g/mol. The van der Waals surface area contributed by atoms with Crippen LogP contribution in [0.1, 0.15) is 23.7 Å².